The van der Waals surface area contributed by atoms with Crippen LogP contribution in [0.4, 0.5) is 5.82 Å². The molecule has 3 aliphatic carbocycles. The average Bonchev–Trinajstić information content (AvgIpc) is 2.88. The van der Waals surface area contributed by atoms with Crippen molar-refractivity contribution in [2.24, 2.45) is 11.8 Å². The van der Waals surface area contributed by atoms with Gasteiger partial charge in [-0.25, -0.2) is 10.4 Å². The summed E-state index contributed by atoms with van der Waals surface area (Å²) in [5.74, 6) is 1.95. The lowest BCUT2D eigenvalue weighted by Gasteiger charge is -2.47. The van der Waals surface area contributed by atoms with Gasteiger partial charge in [0.2, 0.25) is 0 Å². The van der Waals surface area contributed by atoms with E-state index in [-0.39, 0.29) is 5.60 Å². The molecule has 5 nitrogen and oxygen atoms in total. The minimum absolute atomic E-state index is 0.0702. The summed E-state index contributed by atoms with van der Waals surface area (Å²) in [6.45, 7) is 0.833. The zero-order valence-electron chi connectivity index (χ0n) is 11.6. The van der Waals surface area contributed by atoms with E-state index in [1.807, 2.05) is 0 Å². The highest BCUT2D eigenvalue weighted by atomic mass is 35.5. The second kappa shape index (κ2) is 5.25. The third-order valence-electron chi connectivity index (χ3n) is 5.07. The molecule has 2 bridgehead atoms. The SMILES string of the molecule is Clc1ccnc(NN2NC[C@]3(CC4CCC3CC4)O2)c1Cl. The molecular formula is C14H18Cl2N4O. The van der Waals surface area contributed by atoms with Crippen molar-refractivity contribution in [3.8, 4) is 0 Å². The molecule has 1 saturated heterocycles. The molecule has 5 rings (SSSR count). The average molecular weight is 329 g/mol. The number of aromatic nitrogens is 1. The van der Waals surface area contributed by atoms with Crippen molar-refractivity contribution in [2.75, 3.05) is 12.0 Å². The van der Waals surface area contributed by atoms with Crippen LogP contribution in [0.2, 0.25) is 10.0 Å². The van der Waals surface area contributed by atoms with Crippen molar-refractivity contribution < 1.29 is 4.84 Å². The Kier molecular flexibility index (Phi) is 3.51. The molecular weight excluding hydrogens is 311 g/mol. The van der Waals surface area contributed by atoms with Crippen LogP contribution in [0.1, 0.15) is 32.1 Å². The molecule has 1 atom stereocenters. The van der Waals surface area contributed by atoms with E-state index in [1.54, 1.807) is 17.5 Å². The fourth-order valence-electron chi connectivity index (χ4n) is 3.98. The number of hydrogen-bond acceptors (Lipinski definition) is 5. The van der Waals surface area contributed by atoms with Gasteiger partial charge >= 0.3 is 0 Å². The summed E-state index contributed by atoms with van der Waals surface area (Å²) in [4.78, 5) is 10.4. The molecule has 0 aromatic carbocycles. The molecule has 1 spiro atoms. The zero-order valence-corrected chi connectivity index (χ0v) is 13.1. The Morgan fingerprint density at radius 2 is 2.14 bits per heavy atom. The lowest BCUT2D eigenvalue weighted by atomic mass is 9.62. The van der Waals surface area contributed by atoms with Gasteiger partial charge in [0.05, 0.1) is 5.02 Å². The number of halogens is 2. The summed E-state index contributed by atoms with van der Waals surface area (Å²) in [5, 5.41) is 2.42. The minimum Gasteiger partial charge on any atom is -0.264 e. The van der Waals surface area contributed by atoms with Gasteiger partial charge in [-0.3, -0.25) is 10.3 Å². The Bertz CT molecular complexity index is 550. The summed E-state index contributed by atoms with van der Waals surface area (Å²) in [5.41, 5.74) is 6.24. The molecule has 4 aliphatic rings. The topological polar surface area (TPSA) is 49.4 Å². The van der Waals surface area contributed by atoms with Crippen molar-refractivity contribution in [3.05, 3.63) is 22.3 Å². The van der Waals surface area contributed by atoms with Crippen molar-refractivity contribution in [3.63, 3.8) is 0 Å². The number of pyridine rings is 1. The number of fused-ring (bicyclic) bond motifs is 2. The van der Waals surface area contributed by atoms with Gasteiger partial charge in [0.1, 0.15) is 10.6 Å². The summed E-state index contributed by atoms with van der Waals surface area (Å²) in [6, 6.07) is 1.66. The van der Waals surface area contributed by atoms with Crippen molar-refractivity contribution in [2.45, 2.75) is 37.7 Å². The standard InChI is InChI=1S/C14H18Cl2N4O/c15-11-5-6-17-13(12(11)16)19-20-18-8-14(21-20)7-9-1-3-10(14)4-2-9/h5-6,9-10,18H,1-4,7-8H2,(H,17,19)/t9?,10?,14-/m0/s1. The molecule has 1 aromatic heterocycles. The molecule has 0 radical (unpaired) electrons. The molecule has 4 fully saturated rings. The maximum atomic E-state index is 6.19. The highest BCUT2D eigenvalue weighted by Crippen LogP contribution is 2.50. The van der Waals surface area contributed by atoms with E-state index >= 15 is 0 Å². The van der Waals surface area contributed by atoms with Gasteiger partial charge in [0.15, 0.2) is 5.82 Å². The van der Waals surface area contributed by atoms with Crippen LogP contribution >= 0.6 is 23.2 Å². The molecule has 1 aliphatic heterocycles. The second-order valence-electron chi connectivity index (χ2n) is 6.27. The van der Waals surface area contributed by atoms with Crippen LogP contribution in [-0.4, -0.2) is 22.4 Å². The van der Waals surface area contributed by atoms with Gasteiger partial charge in [-0.15, -0.1) is 0 Å². The van der Waals surface area contributed by atoms with Crippen LogP contribution in [0.3, 0.4) is 0 Å². The molecule has 3 saturated carbocycles. The van der Waals surface area contributed by atoms with Crippen molar-refractivity contribution in [1.29, 1.82) is 0 Å². The van der Waals surface area contributed by atoms with E-state index in [2.05, 4.69) is 15.8 Å². The zero-order chi connectivity index (χ0) is 14.4. The maximum Gasteiger partial charge on any atom is 0.163 e. The Hall–Kier alpha value is -0.590. The van der Waals surface area contributed by atoms with Crippen LogP contribution in [0.5, 0.6) is 0 Å². The predicted octanol–water partition coefficient (Wildman–Crippen LogP) is 3.42. The van der Waals surface area contributed by atoms with Gasteiger partial charge in [-0.2, -0.15) is 0 Å². The predicted molar refractivity (Wildman–Crippen MR) is 81.6 cm³/mol. The third-order valence-corrected chi connectivity index (χ3v) is 5.86. The summed E-state index contributed by atoms with van der Waals surface area (Å²) in [6.07, 6.45) is 8.01. The van der Waals surface area contributed by atoms with E-state index in [0.717, 1.165) is 18.9 Å². The number of rotatable bonds is 2. The number of hydrogen-bond donors (Lipinski definition) is 2. The first-order valence-corrected chi connectivity index (χ1v) is 8.21. The minimum atomic E-state index is -0.0702. The smallest absolute Gasteiger partial charge is 0.163 e. The normalized spacial score (nSPS) is 35.5. The van der Waals surface area contributed by atoms with E-state index in [9.17, 15) is 0 Å². The fraction of sp³-hybridized carbons (Fsp3) is 0.643. The fourth-order valence-corrected chi connectivity index (χ4v) is 4.28. The molecule has 2 N–H and O–H groups in total. The summed E-state index contributed by atoms with van der Waals surface area (Å²) >= 11 is 12.1. The highest BCUT2D eigenvalue weighted by Gasteiger charge is 2.52. The number of hydrazine groups is 2. The van der Waals surface area contributed by atoms with E-state index < -0.39 is 0 Å². The Morgan fingerprint density at radius 1 is 1.33 bits per heavy atom. The van der Waals surface area contributed by atoms with Crippen LogP contribution < -0.4 is 10.9 Å². The Balaban J connectivity index is 1.48. The third kappa shape index (κ3) is 2.41. The molecule has 7 heteroatoms. The van der Waals surface area contributed by atoms with Gasteiger partial charge in [-0.05, 0) is 55.3 Å². The van der Waals surface area contributed by atoms with Crippen molar-refractivity contribution >= 4 is 29.0 Å². The van der Waals surface area contributed by atoms with Crippen molar-refractivity contribution in [1.82, 2.24) is 15.7 Å². The molecule has 0 amide bonds. The largest absolute Gasteiger partial charge is 0.264 e. The molecule has 1 aromatic rings. The van der Waals surface area contributed by atoms with Gasteiger partial charge in [0, 0.05) is 12.7 Å². The summed E-state index contributed by atoms with van der Waals surface area (Å²) in [7, 11) is 0. The first kappa shape index (κ1) is 14.0. The first-order chi connectivity index (χ1) is 10.2. The van der Waals surface area contributed by atoms with E-state index in [0.29, 0.717) is 21.8 Å². The van der Waals surface area contributed by atoms with E-state index in [1.165, 1.54) is 25.7 Å². The number of nitrogens with one attached hydrogen (secondary N) is 2. The van der Waals surface area contributed by atoms with Crippen LogP contribution in [0.15, 0.2) is 12.3 Å². The van der Waals surface area contributed by atoms with Gasteiger partial charge < -0.3 is 0 Å². The van der Waals surface area contributed by atoms with Gasteiger partial charge in [-0.1, -0.05) is 23.2 Å². The maximum absolute atomic E-state index is 6.19. The monoisotopic (exact) mass is 328 g/mol. The Morgan fingerprint density at radius 3 is 2.86 bits per heavy atom. The molecule has 0 unspecified atom stereocenters. The molecule has 2 heterocycles. The van der Waals surface area contributed by atoms with Gasteiger partial charge in [0.25, 0.3) is 0 Å². The highest BCUT2D eigenvalue weighted by molar-refractivity contribution is 6.43. The number of nitrogens with zero attached hydrogens (tertiary/aromatic N) is 2. The van der Waals surface area contributed by atoms with Crippen LogP contribution in [0.25, 0.3) is 0 Å². The van der Waals surface area contributed by atoms with E-state index in [4.69, 9.17) is 28.0 Å². The van der Waals surface area contributed by atoms with Crippen LogP contribution in [-0.2, 0) is 4.84 Å². The lowest BCUT2D eigenvalue weighted by molar-refractivity contribution is -0.235. The second-order valence-corrected chi connectivity index (χ2v) is 7.06. The molecule has 21 heavy (non-hydrogen) atoms. The quantitative estimate of drug-likeness (QED) is 0.871. The first-order valence-electron chi connectivity index (χ1n) is 7.46. The summed E-state index contributed by atoms with van der Waals surface area (Å²) < 4.78 is 0. The Labute approximate surface area is 133 Å². The van der Waals surface area contributed by atoms with Crippen LogP contribution in [0, 0.1) is 11.8 Å². The number of anilines is 1. The molecule has 114 valence electrons. The lowest BCUT2D eigenvalue weighted by Crippen LogP contribution is -2.50.